The molecule has 0 N–H and O–H groups in total. The Hall–Kier alpha value is -1.77. The topological polar surface area (TPSA) is 39.4 Å². The molecule has 0 atom stereocenters. The summed E-state index contributed by atoms with van der Waals surface area (Å²) in [6, 6.07) is 4.09. The number of benzene rings is 1. The van der Waals surface area contributed by atoms with Gasteiger partial charge in [-0.05, 0) is 35.3 Å². The number of hydrogen-bond acceptors (Lipinski definition) is 3. The van der Waals surface area contributed by atoms with Gasteiger partial charge in [0.25, 0.3) is 0 Å². The van der Waals surface area contributed by atoms with Crippen LogP contribution in [0, 0.1) is 0 Å². The SMILES string of the molecule is CCCCCC(C)(C)c1cc(OC)cc2oc3c(c12)C(C)(C)CCC3=O. The molecule has 0 aliphatic heterocycles. The van der Waals surface area contributed by atoms with E-state index in [1.54, 1.807) is 7.11 Å². The molecule has 0 bridgehead atoms. The maximum atomic E-state index is 12.5. The summed E-state index contributed by atoms with van der Waals surface area (Å²) >= 11 is 0. The zero-order chi connectivity index (χ0) is 19.1. The van der Waals surface area contributed by atoms with E-state index < -0.39 is 0 Å². The standard InChI is InChI=1S/C23H32O3/c1-7-8-9-11-22(2,3)16-13-15(25-6)14-18-19(16)20-21(26-18)17(24)10-12-23(20,4)5/h13-14H,7-12H2,1-6H3. The van der Waals surface area contributed by atoms with Crippen LogP contribution in [0.3, 0.4) is 0 Å². The van der Waals surface area contributed by atoms with E-state index >= 15 is 0 Å². The molecule has 1 aliphatic rings. The minimum Gasteiger partial charge on any atom is -0.497 e. The maximum absolute atomic E-state index is 12.5. The second kappa shape index (κ2) is 6.75. The number of rotatable bonds is 6. The molecule has 0 saturated heterocycles. The van der Waals surface area contributed by atoms with Gasteiger partial charge in [-0.25, -0.2) is 0 Å². The van der Waals surface area contributed by atoms with Crippen molar-refractivity contribution in [3.63, 3.8) is 0 Å². The van der Waals surface area contributed by atoms with Gasteiger partial charge in [0.15, 0.2) is 11.5 Å². The Morgan fingerprint density at radius 3 is 2.62 bits per heavy atom. The smallest absolute Gasteiger partial charge is 0.198 e. The summed E-state index contributed by atoms with van der Waals surface area (Å²) in [4.78, 5) is 12.5. The molecule has 0 unspecified atom stereocenters. The van der Waals surface area contributed by atoms with Crippen molar-refractivity contribution in [1.29, 1.82) is 0 Å². The van der Waals surface area contributed by atoms with E-state index in [4.69, 9.17) is 9.15 Å². The predicted molar refractivity (Wildman–Crippen MR) is 107 cm³/mol. The summed E-state index contributed by atoms with van der Waals surface area (Å²) in [5.74, 6) is 1.49. The van der Waals surface area contributed by atoms with Crippen molar-refractivity contribution < 1.29 is 13.9 Å². The molecule has 0 fully saturated rings. The Morgan fingerprint density at radius 2 is 1.96 bits per heavy atom. The number of ketones is 1. The van der Waals surface area contributed by atoms with Gasteiger partial charge in [0.1, 0.15) is 11.3 Å². The van der Waals surface area contributed by atoms with Crippen molar-refractivity contribution >= 4 is 16.8 Å². The highest BCUT2D eigenvalue weighted by atomic mass is 16.5. The molecular weight excluding hydrogens is 324 g/mol. The first-order chi connectivity index (χ1) is 12.2. The van der Waals surface area contributed by atoms with Gasteiger partial charge < -0.3 is 9.15 Å². The van der Waals surface area contributed by atoms with Gasteiger partial charge in [0, 0.05) is 23.4 Å². The summed E-state index contributed by atoms with van der Waals surface area (Å²) in [5, 5.41) is 1.14. The van der Waals surface area contributed by atoms with E-state index in [0.717, 1.165) is 35.1 Å². The fraction of sp³-hybridized carbons (Fsp3) is 0.609. The van der Waals surface area contributed by atoms with Crippen LogP contribution < -0.4 is 4.74 Å². The van der Waals surface area contributed by atoms with E-state index in [2.05, 4.69) is 40.7 Å². The third kappa shape index (κ3) is 3.17. The molecule has 26 heavy (non-hydrogen) atoms. The highest BCUT2D eigenvalue weighted by molar-refractivity contribution is 6.03. The molecule has 0 amide bonds. The summed E-state index contributed by atoms with van der Waals surface area (Å²) in [7, 11) is 1.69. The first-order valence-electron chi connectivity index (χ1n) is 9.90. The Balaban J connectivity index is 2.26. The first-order valence-corrected chi connectivity index (χ1v) is 9.90. The number of carbonyl (C=O) groups is 1. The molecule has 3 rings (SSSR count). The second-order valence-corrected chi connectivity index (χ2v) is 9.00. The minimum absolute atomic E-state index is 0.00379. The lowest BCUT2D eigenvalue weighted by Gasteiger charge is -2.32. The van der Waals surface area contributed by atoms with Crippen molar-refractivity contribution in [3.05, 3.63) is 29.0 Å². The van der Waals surface area contributed by atoms with Gasteiger partial charge in [-0.1, -0.05) is 53.9 Å². The Bertz CT molecular complexity index is 824. The van der Waals surface area contributed by atoms with E-state index in [-0.39, 0.29) is 16.6 Å². The van der Waals surface area contributed by atoms with Crippen molar-refractivity contribution in [2.24, 2.45) is 0 Å². The van der Waals surface area contributed by atoms with Gasteiger partial charge in [-0.3, -0.25) is 4.79 Å². The molecule has 0 spiro atoms. The molecule has 2 aromatic rings. The van der Waals surface area contributed by atoms with Crippen LogP contribution in [0.5, 0.6) is 5.75 Å². The summed E-state index contributed by atoms with van der Waals surface area (Å²) < 4.78 is 11.7. The molecule has 1 heterocycles. The predicted octanol–water partition coefficient (Wildman–Crippen LogP) is 6.55. The summed E-state index contributed by atoms with van der Waals surface area (Å²) in [5.41, 5.74) is 3.07. The fourth-order valence-corrected chi connectivity index (χ4v) is 4.31. The third-order valence-corrected chi connectivity index (χ3v) is 6.04. The minimum atomic E-state index is -0.0582. The average Bonchev–Trinajstić information content (AvgIpc) is 2.98. The summed E-state index contributed by atoms with van der Waals surface area (Å²) in [6.45, 7) is 11.3. The van der Waals surface area contributed by atoms with Crippen molar-refractivity contribution in [2.75, 3.05) is 7.11 Å². The largest absolute Gasteiger partial charge is 0.497 e. The van der Waals surface area contributed by atoms with Gasteiger partial charge in [0.2, 0.25) is 0 Å². The van der Waals surface area contributed by atoms with Crippen molar-refractivity contribution in [1.82, 2.24) is 0 Å². The molecule has 1 aromatic carbocycles. The summed E-state index contributed by atoms with van der Waals surface area (Å²) in [6.07, 6.45) is 6.19. The van der Waals surface area contributed by atoms with E-state index in [1.807, 2.05) is 6.07 Å². The molecule has 3 nitrogen and oxygen atoms in total. The number of unbranched alkanes of at least 4 members (excludes halogenated alkanes) is 2. The molecule has 0 radical (unpaired) electrons. The quantitative estimate of drug-likeness (QED) is 0.551. The highest BCUT2D eigenvalue weighted by Gasteiger charge is 2.39. The van der Waals surface area contributed by atoms with Crippen LogP contribution in [0.4, 0.5) is 0 Å². The number of Topliss-reactive ketones (excluding diaryl/α,β-unsaturated/α-hetero) is 1. The number of carbonyl (C=O) groups excluding carboxylic acids is 1. The Labute approximate surface area is 157 Å². The van der Waals surface area contributed by atoms with E-state index in [0.29, 0.717) is 12.2 Å². The van der Waals surface area contributed by atoms with Crippen molar-refractivity contribution in [3.8, 4) is 5.75 Å². The van der Waals surface area contributed by atoms with Crippen LogP contribution >= 0.6 is 0 Å². The van der Waals surface area contributed by atoms with Gasteiger partial charge in [-0.15, -0.1) is 0 Å². The number of furan rings is 1. The number of ether oxygens (including phenoxy) is 1. The third-order valence-electron chi connectivity index (χ3n) is 6.04. The lowest BCUT2D eigenvalue weighted by atomic mass is 9.70. The van der Waals surface area contributed by atoms with Crippen LogP contribution in [0.15, 0.2) is 16.5 Å². The van der Waals surface area contributed by atoms with Crippen LogP contribution in [0.1, 0.15) is 94.8 Å². The van der Waals surface area contributed by atoms with E-state index in [9.17, 15) is 4.79 Å². The molecule has 0 saturated carbocycles. The van der Waals surface area contributed by atoms with Crippen LogP contribution in [-0.2, 0) is 10.8 Å². The van der Waals surface area contributed by atoms with Gasteiger partial charge in [0.05, 0.1) is 7.11 Å². The van der Waals surface area contributed by atoms with Gasteiger partial charge in [-0.2, -0.15) is 0 Å². The first kappa shape index (κ1) is 19.0. The molecule has 142 valence electrons. The zero-order valence-electron chi connectivity index (χ0n) is 17.1. The Morgan fingerprint density at radius 1 is 1.23 bits per heavy atom. The lowest BCUT2D eigenvalue weighted by Crippen LogP contribution is -2.27. The second-order valence-electron chi connectivity index (χ2n) is 9.00. The Kier molecular flexibility index (Phi) is 4.94. The number of hydrogen-bond donors (Lipinski definition) is 0. The number of methoxy groups -OCH3 is 1. The number of fused-ring (bicyclic) bond motifs is 3. The fourth-order valence-electron chi connectivity index (χ4n) is 4.31. The lowest BCUT2D eigenvalue weighted by molar-refractivity contribution is 0.0928. The zero-order valence-corrected chi connectivity index (χ0v) is 17.1. The maximum Gasteiger partial charge on any atom is 0.198 e. The normalized spacial score (nSPS) is 16.8. The van der Waals surface area contributed by atoms with Crippen LogP contribution in [-0.4, -0.2) is 12.9 Å². The monoisotopic (exact) mass is 356 g/mol. The molecule has 1 aromatic heterocycles. The molecule has 1 aliphatic carbocycles. The van der Waals surface area contributed by atoms with Crippen LogP contribution in [0.2, 0.25) is 0 Å². The highest BCUT2D eigenvalue weighted by Crippen LogP contribution is 2.48. The van der Waals surface area contributed by atoms with Crippen molar-refractivity contribution in [2.45, 2.75) is 84.0 Å². The average molecular weight is 357 g/mol. The van der Waals surface area contributed by atoms with E-state index in [1.165, 1.54) is 24.8 Å². The molecular formula is C23H32O3. The van der Waals surface area contributed by atoms with Crippen LogP contribution in [0.25, 0.3) is 11.0 Å². The van der Waals surface area contributed by atoms with Gasteiger partial charge >= 0.3 is 0 Å². The molecule has 3 heteroatoms.